The van der Waals surface area contributed by atoms with Gasteiger partial charge in [0, 0.05) is 38.6 Å². The predicted octanol–water partition coefficient (Wildman–Crippen LogP) is 3.54. The lowest BCUT2D eigenvalue weighted by Crippen LogP contribution is -2.43. The van der Waals surface area contributed by atoms with Crippen molar-refractivity contribution in [1.82, 2.24) is 20.5 Å². The SMILES string of the molecule is O=C(CCNCCNCCc1ccc(O)c2[nH]c(=O)sc12)N(CCc1ccc2c(c1)OCO2)C1CCCCC1. The van der Waals surface area contributed by atoms with Crippen molar-refractivity contribution in [3.8, 4) is 17.2 Å². The molecule has 0 unspecified atom stereocenters. The number of hydrogen-bond donors (Lipinski definition) is 4. The minimum absolute atomic E-state index is 0.105. The van der Waals surface area contributed by atoms with Gasteiger partial charge in [0.25, 0.3) is 0 Å². The second kappa shape index (κ2) is 13.3. The number of nitrogens with one attached hydrogen (secondary N) is 3. The minimum atomic E-state index is -0.158. The molecule has 210 valence electrons. The Balaban J connectivity index is 1.03. The van der Waals surface area contributed by atoms with E-state index in [9.17, 15) is 14.7 Å². The zero-order valence-electron chi connectivity index (χ0n) is 22.3. The summed E-state index contributed by atoms with van der Waals surface area (Å²) in [4.78, 5) is 29.6. The quantitative estimate of drug-likeness (QED) is 0.239. The Bertz CT molecular complexity index is 1320. The van der Waals surface area contributed by atoms with E-state index in [1.807, 2.05) is 18.2 Å². The third-order valence-corrected chi connectivity index (χ3v) is 8.58. The summed E-state index contributed by atoms with van der Waals surface area (Å²) < 4.78 is 11.8. The summed E-state index contributed by atoms with van der Waals surface area (Å²) in [5.74, 6) is 1.91. The maximum absolute atomic E-state index is 13.3. The number of carbonyl (C=O) groups excluding carboxylic acids is 1. The van der Waals surface area contributed by atoms with Crippen LogP contribution in [0.4, 0.5) is 0 Å². The number of thiazole rings is 1. The van der Waals surface area contributed by atoms with Gasteiger partial charge in [-0.05, 0) is 61.6 Å². The molecule has 9 nitrogen and oxygen atoms in total. The van der Waals surface area contributed by atoms with E-state index in [0.29, 0.717) is 24.5 Å². The van der Waals surface area contributed by atoms with Crippen molar-refractivity contribution in [3.63, 3.8) is 0 Å². The summed E-state index contributed by atoms with van der Waals surface area (Å²) in [6.07, 6.45) is 7.91. The summed E-state index contributed by atoms with van der Waals surface area (Å²) in [5.41, 5.74) is 2.73. The first kappa shape index (κ1) is 27.5. The van der Waals surface area contributed by atoms with Gasteiger partial charge in [-0.15, -0.1) is 0 Å². The van der Waals surface area contributed by atoms with Gasteiger partial charge in [-0.3, -0.25) is 9.59 Å². The number of fused-ring (bicyclic) bond motifs is 2. The highest BCUT2D eigenvalue weighted by Gasteiger charge is 2.25. The van der Waals surface area contributed by atoms with E-state index in [-0.39, 0.29) is 23.3 Å². The van der Waals surface area contributed by atoms with Gasteiger partial charge in [0.05, 0.1) is 4.70 Å². The van der Waals surface area contributed by atoms with Gasteiger partial charge >= 0.3 is 4.87 Å². The number of hydrogen-bond acceptors (Lipinski definition) is 8. The molecule has 4 N–H and O–H groups in total. The van der Waals surface area contributed by atoms with Gasteiger partial charge in [-0.25, -0.2) is 0 Å². The number of phenols is 1. The number of aromatic amines is 1. The van der Waals surface area contributed by atoms with Crippen molar-refractivity contribution in [1.29, 1.82) is 0 Å². The van der Waals surface area contributed by atoms with Crippen LogP contribution in [0.25, 0.3) is 10.2 Å². The third kappa shape index (κ3) is 7.12. The molecule has 2 aromatic carbocycles. The van der Waals surface area contributed by atoms with Crippen LogP contribution >= 0.6 is 11.3 Å². The molecule has 1 saturated carbocycles. The maximum Gasteiger partial charge on any atom is 0.305 e. The molecule has 5 rings (SSSR count). The highest BCUT2D eigenvalue weighted by atomic mass is 32.1. The van der Waals surface area contributed by atoms with E-state index in [0.717, 1.165) is 90.5 Å². The average molecular weight is 555 g/mol. The van der Waals surface area contributed by atoms with Gasteiger partial charge in [0.2, 0.25) is 12.7 Å². The van der Waals surface area contributed by atoms with E-state index in [4.69, 9.17) is 9.47 Å². The van der Waals surface area contributed by atoms with Crippen molar-refractivity contribution >= 4 is 27.5 Å². The van der Waals surface area contributed by atoms with Crippen molar-refractivity contribution in [3.05, 3.63) is 51.1 Å². The molecule has 1 amide bonds. The zero-order chi connectivity index (χ0) is 27.0. The Kier molecular flexibility index (Phi) is 9.39. The van der Waals surface area contributed by atoms with Gasteiger partial charge in [-0.1, -0.05) is 42.7 Å². The van der Waals surface area contributed by atoms with Gasteiger partial charge in [0.1, 0.15) is 11.3 Å². The highest BCUT2D eigenvalue weighted by molar-refractivity contribution is 7.16. The number of amides is 1. The van der Waals surface area contributed by atoms with Crippen LogP contribution < -0.4 is 25.0 Å². The smallest absolute Gasteiger partial charge is 0.305 e. The fourth-order valence-electron chi connectivity index (χ4n) is 5.51. The number of carbonyl (C=O) groups is 1. The molecule has 1 aliphatic heterocycles. The number of aromatic hydroxyl groups is 1. The molecule has 0 spiro atoms. The van der Waals surface area contributed by atoms with Crippen LogP contribution in [0.2, 0.25) is 0 Å². The van der Waals surface area contributed by atoms with Crippen molar-refractivity contribution in [2.45, 2.75) is 57.4 Å². The average Bonchev–Trinajstić information content (AvgIpc) is 3.58. The Labute approximate surface area is 232 Å². The molecule has 0 atom stereocenters. The number of ether oxygens (including phenoxy) is 2. The van der Waals surface area contributed by atoms with Crippen LogP contribution in [-0.2, 0) is 17.6 Å². The van der Waals surface area contributed by atoms with Crippen LogP contribution in [0.15, 0.2) is 35.1 Å². The second-order valence-electron chi connectivity index (χ2n) is 10.3. The Morgan fingerprint density at radius 3 is 2.64 bits per heavy atom. The lowest BCUT2D eigenvalue weighted by atomic mass is 9.93. The Hall–Kier alpha value is -3.08. The molecule has 10 heteroatoms. The van der Waals surface area contributed by atoms with Crippen molar-refractivity contribution in [2.75, 3.05) is 39.5 Å². The molecule has 0 radical (unpaired) electrons. The van der Waals surface area contributed by atoms with Crippen LogP contribution in [0, 0.1) is 0 Å². The Morgan fingerprint density at radius 2 is 1.79 bits per heavy atom. The van der Waals surface area contributed by atoms with Crippen molar-refractivity contribution in [2.24, 2.45) is 0 Å². The van der Waals surface area contributed by atoms with Gasteiger partial charge in [0.15, 0.2) is 11.5 Å². The van der Waals surface area contributed by atoms with E-state index in [1.54, 1.807) is 6.07 Å². The number of H-pyrrole nitrogens is 1. The fourth-order valence-corrected chi connectivity index (χ4v) is 6.41. The summed E-state index contributed by atoms with van der Waals surface area (Å²) >= 11 is 1.13. The lowest BCUT2D eigenvalue weighted by molar-refractivity contribution is -0.134. The molecule has 1 fully saturated rings. The first-order valence-electron chi connectivity index (χ1n) is 14.0. The molecule has 2 aliphatic rings. The third-order valence-electron chi connectivity index (χ3n) is 7.62. The number of benzene rings is 2. The van der Waals surface area contributed by atoms with E-state index in [1.165, 1.54) is 19.3 Å². The second-order valence-corrected chi connectivity index (χ2v) is 11.3. The minimum Gasteiger partial charge on any atom is -0.506 e. The van der Waals surface area contributed by atoms with E-state index < -0.39 is 0 Å². The normalized spacial score (nSPS) is 15.2. The number of phenolic OH excluding ortho intramolecular Hbond substituents is 1. The topological polar surface area (TPSA) is 116 Å². The standard InChI is InChI=1S/C29H38N4O5S/c34-23-8-7-21(28-27(23)32-29(36)39-28)10-13-30-15-16-31-14-11-26(35)33(22-4-2-1-3-5-22)17-12-20-6-9-24-25(18-20)38-19-37-24/h6-9,18,22,30-31,34H,1-5,10-17,19H2,(H,32,36). The number of nitrogens with zero attached hydrogens (tertiary/aromatic N) is 1. The predicted molar refractivity (Wildman–Crippen MR) is 153 cm³/mol. The van der Waals surface area contributed by atoms with Crippen molar-refractivity contribution < 1.29 is 19.4 Å². The Morgan fingerprint density at radius 1 is 1.00 bits per heavy atom. The summed E-state index contributed by atoms with van der Waals surface area (Å²) in [6.45, 7) is 3.98. The maximum atomic E-state index is 13.3. The van der Waals surface area contributed by atoms with Crippen LogP contribution in [-0.4, -0.2) is 66.5 Å². The molecule has 1 aromatic heterocycles. The molecule has 3 aromatic rings. The van der Waals surface area contributed by atoms with Crippen LogP contribution in [0.1, 0.15) is 49.7 Å². The first-order valence-corrected chi connectivity index (χ1v) is 14.8. The zero-order valence-corrected chi connectivity index (χ0v) is 23.1. The van der Waals surface area contributed by atoms with E-state index >= 15 is 0 Å². The summed E-state index contributed by atoms with van der Waals surface area (Å²) in [5, 5.41) is 16.8. The molecule has 0 saturated heterocycles. The molecular formula is C29H38N4O5S. The largest absolute Gasteiger partial charge is 0.506 e. The highest BCUT2D eigenvalue weighted by Crippen LogP contribution is 2.33. The summed E-state index contributed by atoms with van der Waals surface area (Å²) in [6, 6.07) is 9.89. The van der Waals surface area contributed by atoms with Gasteiger partial charge in [-0.2, -0.15) is 0 Å². The fraction of sp³-hybridized carbons (Fsp3) is 0.517. The lowest BCUT2D eigenvalue weighted by Gasteiger charge is -2.34. The first-order chi connectivity index (χ1) is 19.1. The molecule has 2 heterocycles. The molecule has 39 heavy (non-hydrogen) atoms. The number of rotatable bonds is 13. The summed E-state index contributed by atoms with van der Waals surface area (Å²) in [7, 11) is 0. The van der Waals surface area contributed by atoms with Crippen LogP contribution in [0.3, 0.4) is 0 Å². The molecule has 1 aliphatic carbocycles. The van der Waals surface area contributed by atoms with Gasteiger partial charge < -0.3 is 35.1 Å². The van der Waals surface area contributed by atoms with Crippen LogP contribution in [0.5, 0.6) is 17.2 Å². The molecule has 0 bridgehead atoms. The monoisotopic (exact) mass is 554 g/mol. The number of aromatic nitrogens is 1. The molecular weight excluding hydrogens is 516 g/mol. The van der Waals surface area contributed by atoms with E-state index in [2.05, 4.69) is 26.6 Å².